The number of imide groups is 1. The number of nitrogens with zero attached hydrogens (tertiary/aromatic N) is 2. The number of ether oxygens (including phenoxy) is 1. The highest BCUT2D eigenvalue weighted by Crippen LogP contribution is 2.65. The van der Waals surface area contributed by atoms with E-state index in [9.17, 15) is 19.2 Å². The van der Waals surface area contributed by atoms with Gasteiger partial charge in [-0.1, -0.05) is 47.5 Å². The molecule has 0 spiro atoms. The monoisotopic (exact) mass is 524 g/mol. The lowest BCUT2D eigenvalue weighted by molar-refractivity contribution is -0.154. The van der Waals surface area contributed by atoms with Crippen LogP contribution in [-0.2, 0) is 9.59 Å². The van der Waals surface area contributed by atoms with Crippen LogP contribution < -0.4 is 4.74 Å². The van der Waals surface area contributed by atoms with Gasteiger partial charge in [-0.05, 0) is 60.4 Å². The van der Waals surface area contributed by atoms with Crippen LogP contribution in [0.3, 0.4) is 0 Å². The maximum absolute atomic E-state index is 13.7. The van der Waals surface area contributed by atoms with E-state index in [4.69, 9.17) is 27.9 Å². The molecule has 2 bridgehead atoms. The van der Waals surface area contributed by atoms with E-state index < -0.39 is 41.9 Å². The van der Waals surface area contributed by atoms with Gasteiger partial charge >= 0.3 is 0 Å². The van der Waals surface area contributed by atoms with Crippen molar-refractivity contribution in [1.82, 2.24) is 10.0 Å². The van der Waals surface area contributed by atoms with Gasteiger partial charge in [0.05, 0.1) is 29.0 Å². The first kappa shape index (κ1) is 23.3. The summed E-state index contributed by atoms with van der Waals surface area (Å²) in [7, 11) is 1.49. The summed E-state index contributed by atoms with van der Waals surface area (Å²) in [5.41, 5.74) is 0.406. The molecule has 2 aromatic carbocycles. The Bertz CT molecular complexity index is 1320. The van der Waals surface area contributed by atoms with Crippen molar-refractivity contribution in [2.75, 3.05) is 13.7 Å². The summed E-state index contributed by atoms with van der Waals surface area (Å²) in [5.74, 6) is -1.72. The van der Waals surface area contributed by atoms with Crippen molar-refractivity contribution in [1.29, 1.82) is 0 Å². The molecular formula is C27H22Cl2N2O5. The number of amides is 3. The summed E-state index contributed by atoms with van der Waals surface area (Å²) < 4.78 is 5.21. The Morgan fingerprint density at radius 2 is 1.61 bits per heavy atom. The zero-order chi connectivity index (χ0) is 25.3. The molecule has 9 heteroatoms. The first-order chi connectivity index (χ1) is 17.3. The number of benzene rings is 2. The molecule has 0 unspecified atom stereocenters. The van der Waals surface area contributed by atoms with E-state index >= 15 is 0 Å². The molecule has 1 aliphatic heterocycles. The quantitative estimate of drug-likeness (QED) is 0.319. The van der Waals surface area contributed by atoms with Crippen LogP contribution in [0.15, 0.2) is 54.6 Å². The molecule has 5 aliphatic rings. The van der Waals surface area contributed by atoms with Gasteiger partial charge in [0, 0.05) is 11.1 Å². The minimum absolute atomic E-state index is 0.0116. The Morgan fingerprint density at radius 1 is 0.944 bits per heavy atom. The van der Waals surface area contributed by atoms with E-state index in [2.05, 4.69) is 12.2 Å². The lowest BCUT2D eigenvalue weighted by atomic mass is 9.63. The number of hydrogen-bond donors (Lipinski definition) is 0. The van der Waals surface area contributed by atoms with Crippen molar-refractivity contribution in [3.05, 3.63) is 75.8 Å². The van der Waals surface area contributed by atoms with Gasteiger partial charge in [0.2, 0.25) is 0 Å². The van der Waals surface area contributed by atoms with Gasteiger partial charge in [0.1, 0.15) is 12.3 Å². The number of halogens is 2. The molecule has 36 heavy (non-hydrogen) atoms. The predicted octanol–water partition coefficient (Wildman–Crippen LogP) is 4.30. The smallest absolute Gasteiger partial charge is 0.273 e. The molecule has 184 valence electrons. The van der Waals surface area contributed by atoms with Crippen molar-refractivity contribution >= 4 is 46.7 Å². The Labute approximate surface area is 217 Å². The van der Waals surface area contributed by atoms with E-state index in [0.717, 1.165) is 16.4 Å². The summed E-state index contributed by atoms with van der Waals surface area (Å²) >= 11 is 12.2. The van der Waals surface area contributed by atoms with E-state index in [1.54, 1.807) is 24.3 Å². The molecule has 0 radical (unpaired) electrons. The van der Waals surface area contributed by atoms with Crippen LogP contribution in [0.4, 0.5) is 0 Å². The standard InChI is InChI=1S/C27H22Cl2N2O5/c1-36-15-4-2-3-13(9-15)22(32)12-30(25(33)14-5-8-20(28)21(29)10-14)31-26(34)23-16-6-7-17(19-11-18(16)19)24(23)27(31)35/h2-10,16-19,23-24H,11-12H2,1H3/t16-,17-,18-,19+,23+,24-/m1/s1. The number of allylic oxidation sites excluding steroid dienone is 2. The van der Waals surface area contributed by atoms with Gasteiger partial charge in [0.15, 0.2) is 5.78 Å². The average Bonchev–Trinajstić information content (AvgIpc) is 3.67. The van der Waals surface area contributed by atoms with E-state index in [1.165, 1.54) is 25.3 Å². The molecule has 2 aromatic rings. The summed E-state index contributed by atoms with van der Waals surface area (Å²) in [5, 5.41) is 2.29. The fourth-order valence-electron chi connectivity index (χ4n) is 6.21. The lowest BCUT2D eigenvalue weighted by Crippen LogP contribution is -2.52. The van der Waals surface area contributed by atoms with Crippen LogP contribution in [0.25, 0.3) is 0 Å². The molecule has 0 N–H and O–H groups in total. The number of hydrogen-bond acceptors (Lipinski definition) is 5. The number of ketones is 1. The summed E-state index contributed by atoms with van der Waals surface area (Å²) in [6, 6.07) is 10.8. The molecule has 1 heterocycles. The van der Waals surface area contributed by atoms with Crippen LogP contribution in [0.1, 0.15) is 27.1 Å². The largest absolute Gasteiger partial charge is 0.497 e. The minimum Gasteiger partial charge on any atom is -0.497 e. The molecule has 3 fully saturated rings. The maximum Gasteiger partial charge on any atom is 0.273 e. The van der Waals surface area contributed by atoms with E-state index in [-0.39, 0.29) is 27.4 Å². The second kappa shape index (κ2) is 8.46. The highest BCUT2D eigenvalue weighted by molar-refractivity contribution is 6.42. The SMILES string of the molecule is COc1cccc(C(=O)CN(C(=O)c2ccc(Cl)c(Cl)c2)N2C(=O)[C@@H]3[C@@H]4C=C[C@H]([C@H]5C[C@@H]45)[C@@H]3C2=O)c1. The second-order valence-corrected chi connectivity index (χ2v) is 10.6. The first-order valence-corrected chi connectivity index (χ1v) is 12.6. The molecule has 7 nitrogen and oxygen atoms in total. The Morgan fingerprint density at radius 3 is 2.22 bits per heavy atom. The third-order valence-electron chi connectivity index (χ3n) is 7.97. The van der Waals surface area contributed by atoms with Gasteiger partial charge in [0.25, 0.3) is 17.7 Å². The summed E-state index contributed by atoms with van der Waals surface area (Å²) in [6.07, 6.45) is 5.14. The fraction of sp³-hybridized carbons (Fsp3) is 0.333. The lowest BCUT2D eigenvalue weighted by Gasteiger charge is -2.37. The Kier molecular flexibility index (Phi) is 5.46. The van der Waals surface area contributed by atoms with Gasteiger partial charge in [-0.3, -0.25) is 19.2 Å². The number of rotatable bonds is 6. The molecular weight excluding hydrogens is 503 g/mol. The van der Waals surface area contributed by atoms with Crippen LogP contribution >= 0.6 is 23.2 Å². The van der Waals surface area contributed by atoms with Gasteiger partial charge in [-0.2, -0.15) is 5.01 Å². The molecule has 7 rings (SSSR count). The zero-order valence-electron chi connectivity index (χ0n) is 19.3. The number of hydrazine groups is 1. The van der Waals surface area contributed by atoms with Gasteiger partial charge < -0.3 is 4.74 Å². The van der Waals surface area contributed by atoms with Crippen molar-refractivity contribution < 1.29 is 23.9 Å². The molecule has 1 saturated heterocycles. The van der Waals surface area contributed by atoms with Crippen molar-refractivity contribution in [3.63, 3.8) is 0 Å². The molecule has 2 saturated carbocycles. The topological polar surface area (TPSA) is 84.0 Å². The minimum atomic E-state index is -0.685. The molecule has 0 aromatic heterocycles. The third-order valence-corrected chi connectivity index (χ3v) is 8.71. The summed E-state index contributed by atoms with van der Waals surface area (Å²) in [4.78, 5) is 54.5. The Balaban J connectivity index is 1.37. The van der Waals surface area contributed by atoms with Gasteiger partial charge in [-0.25, -0.2) is 5.01 Å². The van der Waals surface area contributed by atoms with Crippen LogP contribution in [0, 0.1) is 35.5 Å². The van der Waals surface area contributed by atoms with E-state index in [0.29, 0.717) is 23.1 Å². The van der Waals surface area contributed by atoms with Crippen molar-refractivity contribution in [2.45, 2.75) is 6.42 Å². The van der Waals surface area contributed by atoms with Crippen LogP contribution in [0.5, 0.6) is 5.75 Å². The zero-order valence-corrected chi connectivity index (χ0v) is 20.8. The Hall–Kier alpha value is -3.16. The fourth-order valence-corrected chi connectivity index (χ4v) is 6.51. The van der Waals surface area contributed by atoms with Crippen LogP contribution in [0.2, 0.25) is 10.0 Å². The predicted molar refractivity (Wildman–Crippen MR) is 131 cm³/mol. The number of Topliss-reactive ketones (excluding diaryl/α,β-unsaturated/α-hetero) is 1. The molecule has 6 atom stereocenters. The first-order valence-electron chi connectivity index (χ1n) is 11.8. The van der Waals surface area contributed by atoms with Crippen molar-refractivity contribution in [2.24, 2.45) is 35.5 Å². The number of carbonyl (C=O) groups is 4. The average molecular weight is 525 g/mol. The van der Waals surface area contributed by atoms with Gasteiger partial charge in [-0.15, -0.1) is 0 Å². The van der Waals surface area contributed by atoms with E-state index in [1.807, 2.05) is 0 Å². The summed E-state index contributed by atoms with van der Waals surface area (Å²) in [6.45, 7) is -0.501. The van der Waals surface area contributed by atoms with Crippen LogP contribution in [-0.4, -0.2) is 47.2 Å². The highest BCUT2D eigenvalue weighted by Gasteiger charge is 2.68. The molecule has 4 aliphatic carbocycles. The third kappa shape index (κ3) is 3.48. The molecule has 3 amide bonds. The number of carbonyl (C=O) groups excluding carboxylic acids is 4. The normalized spacial score (nSPS) is 29.1. The second-order valence-electron chi connectivity index (χ2n) is 9.79. The van der Waals surface area contributed by atoms with Crippen molar-refractivity contribution in [3.8, 4) is 5.75 Å². The number of methoxy groups -OCH3 is 1. The maximum atomic E-state index is 13.7. The highest BCUT2D eigenvalue weighted by atomic mass is 35.5.